The molecule has 0 unspecified atom stereocenters. The van der Waals surface area contributed by atoms with Crippen molar-refractivity contribution in [2.24, 2.45) is 5.92 Å². The second-order valence-corrected chi connectivity index (χ2v) is 11.6. The van der Waals surface area contributed by atoms with Crippen molar-refractivity contribution in [3.05, 3.63) is 40.5 Å². The minimum absolute atomic E-state index is 0.00459. The fourth-order valence-corrected chi connectivity index (χ4v) is 6.26. The van der Waals surface area contributed by atoms with Crippen LogP contribution in [0.4, 0.5) is 0 Å². The van der Waals surface area contributed by atoms with E-state index >= 15 is 0 Å². The lowest BCUT2D eigenvalue weighted by Gasteiger charge is -2.34. The van der Waals surface area contributed by atoms with Gasteiger partial charge in [-0.3, -0.25) is 9.59 Å². The summed E-state index contributed by atoms with van der Waals surface area (Å²) in [5, 5.41) is 2.75. The Morgan fingerprint density at radius 3 is 2.41 bits per heavy atom. The Bertz CT molecular complexity index is 1020. The number of carbonyl (C=O) groups excluding carboxylic acids is 3. The Labute approximate surface area is 213 Å². The lowest BCUT2D eigenvalue weighted by atomic mass is 9.83. The highest BCUT2D eigenvalue weighted by Crippen LogP contribution is 2.30. The third kappa shape index (κ3) is 6.36. The molecule has 1 heterocycles. The quantitative estimate of drug-likeness (QED) is 0.266. The highest BCUT2D eigenvalue weighted by atomic mass is 127. The molecule has 2 N–H and O–H groups in total. The predicted octanol–water partition coefficient (Wildman–Crippen LogP) is 1.96. The van der Waals surface area contributed by atoms with Gasteiger partial charge in [0.2, 0.25) is 21.8 Å². The zero-order chi connectivity index (χ0) is 24.9. The zero-order valence-corrected chi connectivity index (χ0v) is 22.0. The number of nitrogens with zero attached hydrogens (tertiary/aromatic N) is 1. The summed E-state index contributed by atoms with van der Waals surface area (Å²) in [6.07, 6.45) is 5.75. The van der Waals surface area contributed by atoms with Crippen molar-refractivity contribution in [3.8, 4) is 0 Å². The number of hydrogen-bond acceptors (Lipinski definition) is 6. The van der Waals surface area contributed by atoms with Gasteiger partial charge >= 0.3 is 5.97 Å². The van der Waals surface area contributed by atoms with Crippen molar-refractivity contribution in [2.45, 2.75) is 61.5 Å². The van der Waals surface area contributed by atoms with Crippen LogP contribution in [0.15, 0.2) is 41.8 Å². The molecular weight excluding hydrogens is 573 g/mol. The van der Waals surface area contributed by atoms with Crippen LogP contribution in [0.2, 0.25) is 0 Å². The Kier molecular flexibility index (Phi) is 9.10. The van der Waals surface area contributed by atoms with E-state index in [4.69, 9.17) is 4.74 Å². The maximum atomic E-state index is 13.6. The van der Waals surface area contributed by atoms with E-state index in [1.165, 1.54) is 24.1 Å². The number of likely N-dealkylation sites (tertiary alicyclic amines) is 1. The van der Waals surface area contributed by atoms with E-state index in [9.17, 15) is 22.8 Å². The van der Waals surface area contributed by atoms with Crippen LogP contribution in [0, 0.1) is 9.49 Å². The molecule has 0 bridgehead atoms. The third-order valence-electron chi connectivity index (χ3n) is 6.37. The first-order valence-corrected chi connectivity index (χ1v) is 13.8. The zero-order valence-electron chi connectivity index (χ0n) is 19.0. The van der Waals surface area contributed by atoms with Crippen molar-refractivity contribution in [1.29, 1.82) is 0 Å². The van der Waals surface area contributed by atoms with Crippen molar-refractivity contribution in [1.82, 2.24) is 14.9 Å². The van der Waals surface area contributed by atoms with Crippen molar-refractivity contribution < 1.29 is 27.5 Å². The van der Waals surface area contributed by atoms with Crippen molar-refractivity contribution >= 4 is 50.4 Å². The lowest BCUT2D eigenvalue weighted by molar-refractivity contribution is -0.152. The van der Waals surface area contributed by atoms with Crippen molar-refractivity contribution in [2.75, 3.05) is 13.7 Å². The number of halogens is 1. The number of nitrogens with one attached hydrogen (secondary N) is 2. The van der Waals surface area contributed by atoms with E-state index in [1.807, 2.05) is 0 Å². The molecular formula is C23H30IN3O6S. The summed E-state index contributed by atoms with van der Waals surface area (Å²) in [5.74, 6) is -1.56. The number of methoxy groups -OCH3 is 1. The van der Waals surface area contributed by atoms with E-state index < -0.39 is 45.9 Å². The largest absolute Gasteiger partial charge is 0.467 e. The molecule has 11 heteroatoms. The molecule has 2 amide bonds. The summed E-state index contributed by atoms with van der Waals surface area (Å²) in [6.45, 7) is 3.47. The molecule has 1 aliphatic heterocycles. The number of hydrogen-bond donors (Lipinski definition) is 2. The molecule has 0 aromatic heterocycles. The van der Waals surface area contributed by atoms with Gasteiger partial charge in [-0.05, 0) is 78.1 Å². The van der Waals surface area contributed by atoms with E-state index in [0.29, 0.717) is 0 Å². The third-order valence-corrected chi connectivity index (χ3v) is 8.63. The van der Waals surface area contributed by atoms with Gasteiger partial charge in [-0.2, -0.15) is 0 Å². The summed E-state index contributed by atoms with van der Waals surface area (Å²) in [7, 11) is -2.63. The number of esters is 1. The van der Waals surface area contributed by atoms with Crippen LogP contribution in [0.3, 0.4) is 0 Å². The summed E-state index contributed by atoms with van der Waals surface area (Å²) >= 11 is 2.09. The Morgan fingerprint density at radius 1 is 1.18 bits per heavy atom. The summed E-state index contributed by atoms with van der Waals surface area (Å²) in [4.78, 5) is 39.7. The summed E-state index contributed by atoms with van der Waals surface area (Å²) < 4.78 is 34.2. The minimum Gasteiger partial charge on any atom is -0.467 e. The number of amides is 2. The fraction of sp³-hybridized carbons (Fsp3) is 0.522. The standard InChI is InChI=1S/C23H30IN3O6S/c1-3-20(28)25-21(15-7-5-4-6-8-15)22(29)27-14-17(13-19(27)23(30)33-2)26-34(31,32)18-11-9-16(24)10-12-18/h3,9-12,15,17,19,21,26H,1,4-8,13-14H2,2H3,(H,25,28)/t17-,19+,21+/m1/s1. The monoisotopic (exact) mass is 603 g/mol. The maximum absolute atomic E-state index is 13.6. The summed E-state index contributed by atoms with van der Waals surface area (Å²) in [6, 6.07) is 3.94. The number of sulfonamides is 1. The molecule has 3 atom stereocenters. The molecule has 9 nitrogen and oxygen atoms in total. The number of rotatable bonds is 8. The van der Waals surface area contributed by atoms with E-state index in [1.54, 1.807) is 12.1 Å². The predicted molar refractivity (Wildman–Crippen MR) is 134 cm³/mol. The topological polar surface area (TPSA) is 122 Å². The first-order chi connectivity index (χ1) is 16.2. The second-order valence-electron chi connectivity index (χ2n) is 8.63. The minimum atomic E-state index is -3.86. The number of carbonyl (C=O) groups is 3. The number of ether oxygens (including phenoxy) is 1. The first kappa shape index (κ1) is 26.6. The highest BCUT2D eigenvalue weighted by Gasteiger charge is 2.45. The fourth-order valence-electron chi connectivity index (χ4n) is 4.67. The van der Waals surface area contributed by atoms with Crippen LogP contribution in [0.1, 0.15) is 38.5 Å². The van der Waals surface area contributed by atoms with E-state index in [-0.39, 0.29) is 23.8 Å². The van der Waals surface area contributed by atoms with Crippen LogP contribution >= 0.6 is 22.6 Å². The average molecular weight is 603 g/mol. The number of benzene rings is 1. The Balaban J connectivity index is 1.83. The van der Waals surface area contributed by atoms with Crippen LogP contribution in [-0.4, -0.2) is 62.9 Å². The van der Waals surface area contributed by atoms with Crippen LogP contribution in [0.5, 0.6) is 0 Å². The normalized spacial score (nSPS) is 22.1. The molecule has 2 fully saturated rings. The van der Waals surface area contributed by atoms with Crippen LogP contribution < -0.4 is 10.0 Å². The van der Waals surface area contributed by atoms with Gasteiger partial charge in [0, 0.05) is 16.2 Å². The second kappa shape index (κ2) is 11.6. The average Bonchev–Trinajstić information content (AvgIpc) is 3.25. The molecule has 1 saturated carbocycles. The van der Waals surface area contributed by atoms with Gasteiger partial charge < -0.3 is 15.0 Å². The molecule has 0 spiro atoms. The van der Waals surface area contributed by atoms with Gasteiger partial charge in [0.1, 0.15) is 12.1 Å². The van der Waals surface area contributed by atoms with Gasteiger partial charge in [0.15, 0.2) is 0 Å². The molecule has 0 radical (unpaired) electrons. The van der Waals surface area contributed by atoms with Crippen LogP contribution in [0.25, 0.3) is 0 Å². The Hall–Kier alpha value is -1.99. The van der Waals surface area contributed by atoms with Gasteiger partial charge in [0.25, 0.3) is 0 Å². The SMILES string of the molecule is C=CC(=O)N[C@H](C(=O)N1C[C@H](NS(=O)(=O)c2ccc(I)cc2)C[C@H]1C(=O)OC)C1CCCCC1. The lowest BCUT2D eigenvalue weighted by Crippen LogP contribution is -2.55. The van der Waals surface area contributed by atoms with E-state index in [0.717, 1.165) is 41.8 Å². The molecule has 1 aromatic carbocycles. The smallest absolute Gasteiger partial charge is 0.328 e. The summed E-state index contributed by atoms with van der Waals surface area (Å²) in [5.41, 5.74) is 0. The molecule has 34 heavy (non-hydrogen) atoms. The molecule has 1 saturated heterocycles. The molecule has 186 valence electrons. The van der Waals surface area contributed by atoms with Crippen molar-refractivity contribution in [3.63, 3.8) is 0 Å². The Morgan fingerprint density at radius 2 is 1.82 bits per heavy atom. The molecule has 1 aromatic rings. The van der Waals surface area contributed by atoms with Crippen LogP contribution in [-0.2, 0) is 29.1 Å². The van der Waals surface area contributed by atoms with Gasteiger partial charge in [-0.1, -0.05) is 25.8 Å². The molecule has 2 aliphatic rings. The van der Waals surface area contributed by atoms with Gasteiger partial charge in [0.05, 0.1) is 12.0 Å². The molecule has 1 aliphatic carbocycles. The highest BCUT2D eigenvalue weighted by molar-refractivity contribution is 14.1. The maximum Gasteiger partial charge on any atom is 0.328 e. The van der Waals surface area contributed by atoms with E-state index in [2.05, 4.69) is 39.2 Å². The van der Waals surface area contributed by atoms with Gasteiger partial charge in [-0.15, -0.1) is 0 Å². The van der Waals surface area contributed by atoms with Gasteiger partial charge in [-0.25, -0.2) is 17.9 Å². The molecule has 3 rings (SSSR count). The first-order valence-electron chi connectivity index (χ1n) is 11.3.